The molecule has 1 saturated heterocycles. The summed E-state index contributed by atoms with van der Waals surface area (Å²) in [5.74, 6) is 1.29. The maximum absolute atomic E-state index is 12.9. The maximum atomic E-state index is 12.9. The highest BCUT2D eigenvalue weighted by atomic mass is 35.5. The Bertz CT molecular complexity index is 1400. The number of aromatic nitrogens is 3. The van der Waals surface area contributed by atoms with Gasteiger partial charge in [-0.05, 0) is 66.4 Å². The van der Waals surface area contributed by atoms with Gasteiger partial charge in [0.25, 0.3) is 0 Å². The average Bonchev–Trinajstić information content (AvgIpc) is 3.58. The van der Waals surface area contributed by atoms with Crippen LogP contribution in [0.1, 0.15) is 35.9 Å². The highest BCUT2D eigenvalue weighted by Crippen LogP contribution is 2.36. The third-order valence-corrected chi connectivity index (χ3v) is 6.19. The fourth-order valence-corrected chi connectivity index (χ4v) is 4.30. The number of rotatable bonds is 6. The Labute approximate surface area is 222 Å². The van der Waals surface area contributed by atoms with Crippen molar-refractivity contribution in [2.45, 2.75) is 31.7 Å². The molecule has 8 nitrogen and oxygen atoms in total. The predicted octanol–water partition coefficient (Wildman–Crippen LogP) is 5.85. The molecule has 0 aliphatic carbocycles. The van der Waals surface area contributed by atoms with E-state index in [1.807, 2.05) is 18.2 Å². The zero-order valence-corrected chi connectivity index (χ0v) is 20.8. The summed E-state index contributed by atoms with van der Waals surface area (Å²) < 4.78 is 50.1. The van der Waals surface area contributed by atoms with Gasteiger partial charge in [0.15, 0.2) is 5.96 Å². The molecule has 0 radical (unpaired) electrons. The molecule has 3 N–H and O–H groups in total. The Morgan fingerprint density at radius 3 is 2.50 bits per heavy atom. The van der Waals surface area contributed by atoms with Crippen LogP contribution in [0.5, 0.6) is 5.75 Å². The minimum Gasteiger partial charge on any atom is -0.488 e. The summed E-state index contributed by atoms with van der Waals surface area (Å²) in [6, 6.07) is 13.7. The zero-order valence-electron chi connectivity index (χ0n) is 20.0. The highest BCUT2D eigenvalue weighted by molar-refractivity contribution is 5.85. The molecule has 5 rings (SSSR count). The lowest BCUT2D eigenvalue weighted by Gasteiger charge is -2.21. The summed E-state index contributed by atoms with van der Waals surface area (Å²) in [6.45, 7) is 0.749. The van der Waals surface area contributed by atoms with E-state index in [0.717, 1.165) is 36.1 Å². The van der Waals surface area contributed by atoms with E-state index in [9.17, 15) is 13.2 Å². The molecule has 1 aliphatic rings. The molecule has 4 aromatic rings. The maximum Gasteiger partial charge on any atom is 0.416 e. The Balaban J connectivity index is 0.00000336. The molecule has 0 bridgehead atoms. The molecular formula is C26H24ClF3N6O2. The van der Waals surface area contributed by atoms with Crippen LogP contribution >= 0.6 is 12.4 Å². The molecule has 1 atom stereocenters. The molecule has 1 aliphatic heterocycles. The minimum absolute atomic E-state index is 0. The zero-order chi connectivity index (χ0) is 26.0. The van der Waals surface area contributed by atoms with Crippen molar-refractivity contribution >= 4 is 18.4 Å². The first-order chi connectivity index (χ1) is 17.8. The summed E-state index contributed by atoms with van der Waals surface area (Å²) in [5.41, 5.74) is 7.85. The van der Waals surface area contributed by atoms with E-state index >= 15 is 0 Å². The van der Waals surface area contributed by atoms with Gasteiger partial charge in [-0.2, -0.15) is 18.2 Å². The molecule has 0 amide bonds. The Morgan fingerprint density at radius 1 is 1.08 bits per heavy atom. The van der Waals surface area contributed by atoms with Gasteiger partial charge in [-0.25, -0.2) is 0 Å². The van der Waals surface area contributed by atoms with E-state index < -0.39 is 11.7 Å². The van der Waals surface area contributed by atoms with E-state index in [0.29, 0.717) is 35.1 Å². The van der Waals surface area contributed by atoms with Gasteiger partial charge in [-0.1, -0.05) is 17.3 Å². The second-order valence-electron chi connectivity index (χ2n) is 8.62. The molecule has 1 fully saturated rings. The van der Waals surface area contributed by atoms with E-state index in [-0.39, 0.29) is 31.0 Å². The van der Waals surface area contributed by atoms with Crippen LogP contribution in [0.4, 0.5) is 13.2 Å². The van der Waals surface area contributed by atoms with Crippen molar-refractivity contribution in [3.05, 3.63) is 84.0 Å². The standard InChI is InChI=1S/C26H23F3N6O2.ClH/c27-26(28,29)19-6-3-16(4-7-19)15-36-22-8-5-18(14-20(22)17-9-11-32-12-10-17)23-33-24(37-34-23)21-2-1-13-35(21)25(30)31;/h3-12,14,21H,1-2,13,15H2,(H3,30,31);1H/t21-;/m0./s1. The second kappa shape index (κ2) is 11.1. The topological polar surface area (TPSA) is 114 Å². The number of hydrogen-bond acceptors (Lipinski definition) is 6. The van der Waals surface area contributed by atoms with Crippen LogP contribution in [0.2, 0.25) is 0 Å². The fraction of sp³-hybridized carbons (Fsp3) is 0.231. The number of nitrogens with two attached hydrogens (primary N) is 1. The number of guanidine groups is 1. The molecule has 0 spiro atoms. The quantitative estimate of drug-likeness (QED) is 0.231. The highest BCUT2D eigenvalue weighted by Gasteiger charge is 2.32. The summed E-state index contributed by atoms with van der Waals surface area (Å²) in [5, 5.41) is 11.9. The summed E-state index contributed by atoms with van der Waals surface area (Å²) in [4.78, 5) is 10.4. The smallest absolute Gasteiger partial charge is 0.416 e. The largest absolute Gasteiger partial charge is 0.488 e. The van der Waals surface area contributed by atoms with Crippen LogP contribution in [0, 0.1) is 5.41 Å². The van der Waals surface area contributed by atoms with Crippen LogP contribution < -0.4 is 10.5 Å². The third kappa shape index (κ3) is 5.72. The van der Waals surface area contributed by atoms with E-state index in [2.05, 4.69) is 15.1 Å². The van der Waals surface area contributed by atoms with Crippen molar-refractivity contribution in [3.63, 3.8) is 0 Å². The molecule has 2 aromatic heterocycles. The number of pyridine rings is 1. The third-order valence-electron chi connectivity index (χ3n) is 6.19. The van der Waals surface area contributed by atoms with Gasteiger partial charge in [-0.15, -0.1) is 12.4 Å². The van der Waals surface area contributed by atoms with Gasteiger partial charge >= 0.3 is 6.18 Å². The lowest BCUT2D eigenvalue weighted by Crippen LogP contribution is -2.35. The Hall–Kier alpha value is -4.12. The van der Waals surface area contributed by atoms with Crippen molar-refractivity contribution in [2.75, 3.05) is 6.54 Å². The van der Waals surface area contributed by atoms with Crippen LogP contribution in [0.15, 0.2) is 71.5 Å². The average molecular weight is 545 g/mol. The summed E-state index contributed by atoms with van der Waals surface area (Å²) in [6.07, 6.45) is 0.565. The van der Waals surface area contributed by atoms with Gasteiger partial charge in [0.1, 0.15) is 18.4 Å². The number of benzene rings is 2. The molecule has 3 heterocycles. The molecule has 2 aromatic carbocycles. The van der Waals surface area contributed by atoms with E-state index in [1.165, 1.54) is 12.1 Å². The number of hydrogen-bond donors (Lipinski definition) is 2. The molecular weight excluding hydrogens is 521 g/mol. The molecule has 198 valence electrons. The van der Waals surface area contributed by atoms with Crippen molar-refractivity contribution in [2.24, 2.45) is 5.73 Å². The Kier molecular flexibility index (Phi) is 7.86. The first-order valence-corrected chi connectivity index (χ1v) is 11.6. The first-order valence-electron chi connectivity index (χ1n) is 11.6. The summed E-state index contributed by atoms with van der Waals surface area (Å²) in [7, 11) is 0. The van der Waals surface area contributed by atoms with Gasteiger partial charge in [-0.3, -0.25) is 10.4 Å². The summed E-state index contributed by atoms with van der Waals surface area (Å²) >= 11 is 0. The van der Waals surface area contributed by atoms with E-state index in [4.69, 9.17) is 20.4 Å². The van der Waals surface area contributed by atoms with Gasteiger partial charge in [0.05, 0.1) is 5.56 Å². The number of ether oxygens (including phenoxy) is 1. The van der Waals surface area contributed by atoms with Crippen molar-refractivity contribution in [1.82, 2.24) is 20.0 Å². The van der Waals surface area contributed by atoms with Gasteiger partial charge < -0.3 is 19.9 Å². The van der Waals surface area contributed by atoms with Crippen molar-refractivity contribution < 1.29 is 22.4 Å². The molecule has 0 saturated carbocycles. The van der Waals surface area contributed by atoms with Crippen molar-refractivity contribution in [3.8, 4) is 28.3 Å². The Morgan fingerprint density at radius 2 is 1.82 bits per heavy atom. The van der Waals surface area contributed by atoms with Gasteiger partial charge in [0.2, 0.25) is 11.7 Å². The molecule has 0 unspecified atom stereocenters. The molecule has 12 heteroatoms. The number of halogens is 4. The van der Waals surface area contributed by atoms with Crippen LogP contribution in [-0.2, 0) is 12.8 Å². The monoisotopic (exact) mass is 544 g/mol. The lowest BCUT2D eigenvalue weighted by molar-refractivity contribution is -0.137. The van der Waals surface area contributed by atoms with Crippen LogP contribution in [0.3, 0.4) is 0 Å². The number of nitrogens with one attached hydrogen (secondary N) is 1. The minimum atomic E-state index is -4.39. The van der Waals surface area contributed by atoms with Crippen molar-refractivity contribution in [1.29, 1.82) is 5.41 Å². The van der Waals surface area contributed by atoms with Gasteiger partial charge in [0, 0.05) is 30.1 Å². The van der Waals surface area contributed by atoms with Crippen LogP contribution in [-0.4, -0.2) is 32.5 Å². The van der Waals surface area contributed by atoms with Crippen LogP contribution in [0.25, 0.3) is 22.5 Å². The fourth-order valence-electron chi connectivity index (χ4n) is 4.30. The predicted molar refractivity (Wildman–Crippen MR) is 137 cm³/mol. The first kappa shape index (κ1) is 26.9. The number of nitrogens with zero attached hydrogens (tertiary/aromatic N) is 4. The number of alkyl halides is 3. The number of likely N-dealkylation sites (tertiary alicyclic amines) is 1. The lowest BCUT2D eigenvalue weighted by atomic mass is 10.0. The second-order valence-corrected chi connectivity index (χ2v) is 8.62. The molecule has 38 heavy (non-hydrogen) atoms. The SMILES string of the molecule is Cl.N=C(N)N1CCC[C@H]1c1nc(-c2ccc(OCc3ccc(C(F)(F)F)cc3)c(-c3ccncc3)c2)no1. The van der Waals surface area contributed by atoms with E-state index in [1.54, 1.807) is 29.4 Å². The normalized spacial score (nSPS) is 15.2.